The molecule has 2 unspecified atom stereocenters. The van der Waals surface area contributed by atoms with Crippen molar-refractivity contribution >= 4 is 5.91 Å². The minimum Gasteiger partial charge on any atom is -0.391 e. The van der Waals surface area contributed by atoms with Crippen molar-refractivity contribution in [3.63, 3.8) is 0 Å². The first-order valence-corrected chi connectivity index (χ1v) is 10.3. The predicted molar refractivity (Wildman–Crippen MR) is 119 cm³/mol. The molecule has 0 saturated heterocycles. The van der Waals surface area contributed by atoms with Gasteiger partial charge in [0.25, 0.3) is 5.91 Å². The molecule has 6 heteroatoms. The van der Waals surface area contributed by atoms with Crippen LogP contribution in [0.15, 0.2) is 72.9 Å². The number of carbonyl (C=O) groups is 1. The topological polar surface area (TPSA) is 88.2 Å². The Morgan fingerprint density at radius 1 is 1.06 bits per heavy atom. The fourth-order valence-electron chi connectivity index (χ4n) is 3.49. The summed E-state index contributed by atoms with van der Waals surface area (Å²) < 4.78 is 13.9. The minimum absolute atomic E-state index is 0.0883. The Hall–Kier alpha value is -3.09. The molecule has 0 aliphatic carbocycles. The molecule has 3 rings (SSSR count). The maximum atomic E-state index is 13.9. The van der Waals surface area contributed by atoms with E-state index < -0.39 is 17.7 Å². The van der Waals surface area contributed by atoms with Gasteiger partial charge < -0.3 is 16.2 Å². The third-order valence-corrected chi connectivity index (χ3v) is 5.37. The molecular formula is C25H28FN3O2. The van der Waals surface area contributed by atoms with Crippen molar-refractivity contribution in [3.8, 4) is 0 Å². The van der Waals surface area contributed by atoms with E-state index in [0.29, 0.717) is 16.8 Å². The van der Waals surface area contributed by atoms with E-state index >= 15 is 0 Å². The normalized spacial score (nSPS) is 13.5. The van der Waals surface area contributed by atoms with Crippen LogP contribution in [0.25, 0.3) is 0 Å². The largest absolute Gasteiger partial charge is 0.391 e. The smallest absolute Gasteiger partial charge is 0.253 e. The third kappa shape index (κ3) is 5.75. The van der Waals surface area contributed by atoms with Gasteiger partial charge >= 0.3 is 0 Å². The van der Waals surface area contributed by atoms with Crippen LogP contribution in [0, 0.1) is 5.82 Å². The van der Waals surface area contributed by atoms with E-state index in [-0.39, 0.29) is 24.6 Å². The SMILES string of the molecule is CC(C)(NC(=O)c1cccnc1CC(O)C(N)Cc1ccccc1F)c1ccccc1. The molecule has 1 heterocycles. The molecule has 31 heavy (non-hydrogen) atoms. The summed E-state index contributed by atoms with van der Waals surface area (Å²) in [5, 5.41) is 13.7. The summed E-state index contributed by atoms with van der Waals surface area (Å²) >= 11 is 0. The van der Waals surface area contributed by atoms with Crippen molar-refractivity contribution in [1.29, 1.82) is 0 Å². The lowest BCUT2D eigenvalue weighted by Crippen LogP contribution is -2.42. The number of aliphatic hydroxyl groups excluding tert-OH is 1. The van der Waals surface area contributed by atoms with Gasteiger partial charge in [0.1, 0.15) is 5.82 Å². The van der Waals surface area contributed by atoms with Crippen LogP contribution in [-0.2, 0) is 18.4 Å². The quantitative estimate of drug-likeness (QED) is 0.520. The van der Waals surface area contributed by atoms with Crippen molar-refractivity contribution in [3.05, 3.63) is 101 Å². The average molecular weight is 422 g/mol. The van der Waals surface area contributed by atoms with E-state index in [0.717, 1.165) is 5.56 Å². The highest BCUT2D eigenvalue weighted by atomic mass is 19.1. The van der Waals surface area contributed by atoms with Crippen molar-refractivity contribution in [2.75, 3.05) is 0 Å². The van der Waals surface area contributed by atoms with Crippen LogP contribution in [0.1, 0.15) is 41.0 Å². The maximum absolute atomic E-state index is 13.9. The van der Waals surface area contributed by atoms with Crippen LogP contribution >= 0.6 is 0 Å². The third-order valence-electron chi connectivity index (χ3n) is 5.37. The maximum Gasteiger partial charge on any atom is 0.253 e. The molecule has 162 valence electrons. The van der Waals surface area contributed by atoms with Crippen LogP contribution in [0.4, 0.5) is 4.39 Å². The van der Waals surface area contributed by atoms with Gasteiger partial charge in [-0.25, -0.2) is 4.39 Å². The van der Waals surface area contributed by atoms with Gasteiger partial charge in [0.05, 0.1) is 22.9 Å². The van der Waals surface area contributed by atoms with Gasteiger partial charge in [-0.2, -0.15) is 0 Å². The lowest BCUT2D eigenvalue weighted by atomic mass is 9.93. The van der Waals surface area contributed by atoms with E-state index in [1.807, 2.05) is 44.2 Å². The second-order valence-electron chi connectivity index (χ2n) is 8.17. The average Bonchev–Trinajstić information content (AvgIpc) is 2.76. The summed E-state index contributed by atoms with van der Waals surface area (Å²) in [6.45, 7) is 3.85. The van der Waals surface area contributed by atoms with E-state index in [1.54, 1.807) is 36.5 Å². The molecule has 0 fully saturated rings. The minimum atomic E-state index is -0.983. The Kier molecular flexibility index (Phi) is 7.15. The first-order valence-electron chi connectivity index (χ1n) is 10.3. The summed E-state index contributed by atoms with van der Waals surface area (Å²) in [6, 6.07) is 18.7. The molecule has 0 aliphatic rings. The number of halogens is 1. The Balaban J connectivity index is 1.72. The fourth-order valence-corrected chi connectivity index (χ4v) is 3.49. The molecule has 2 atom stereocenters. The molecule has 0 saturated carbocycles. The summed E-state index contributed by atoms with van der Waals surface area (Å²) in [4.78, 5) is 17.3. The Morgan fingerprint density at radius 2 is 1.74 bits per heavy atom. The molecule has 0 radical (unpaired) electrons. The standard InChI is InChI=1S/C25H28FN3O2/c1-25(2,18-10-4-3-5-11-18)29-24(31)19-12-8-14-28-22(19)16-23(30)21(27)15-17-9-6-7-13-20(17)26/h3-14,21,23,30H,15-16,27H2,1-2H3,(H,29,31). The molecular weight excluding hydrogens is 393 g/mol. The Morgan fingerprint density at radius 3 is 2.45 bits per heavy atom. The van der Waals surface area contributed by atoms with Crippen LogP contribution in [0.2, 0.25) is 0 Å². The van der Waals surface area contributed by atoms with Gasteiger partial charge in [-0.05, 0) is 49.6 Å². The number of rotatable bonds is 8. The summed E-state index contributed by atoms with van der Waals surface area (Å²) in [6.07, 6.45) is 0.862. The zero-order valence-corrected chi connectivity index (χ0v) is 17.8. The Labute approximate surface area is 182 Å². The summed E-state index contributed by atoms with van der Waals surface area (Å²) in [5.74, 6) is -0.641. The fraction of sp³-hybridized carbons (Fsp3) is 0.280. The number of aromatic nitrogens is 1. The van der Waals surface area contributed by atoms with Gasteiger partial charge in [0, 0.05) is 18.7 Å². The molecule has 0 bridgehead atoms. The second-order valence-corrected chi connectivity index (χ2v) is 8.17. The van der Waals surface area contributed by atoms with Gasteiger partial charge in [0.15, 0.2) is 0 Å². The lowest BCUT2D eigenvalue weighted by molar-refractivity contribution is 0.0908. The Bertz CT molecular complexity index is 1020. The van der Waals surface area contributed by atoms with E-state index in [9.17, 15) is 14.3 Å². The molecule has 1 aromatic heterocycles. The molecule has 0 aliphatic heterocycles. The first kappa shape index (κ1) is 22.6. The molecule has 5 nitrogen and oxygen atoms in total. The van der Waals surface area contributed by atoms with Gasteiger partial charge in [-0.3, -0.25) is 9.78 Å². The number of hydrogen-bond acceptors (Lipinski definition) is 4. The number of amides is 1. The highest BCUT2D eigenvalue weighted by molar-refractivity contribution is 5.95. The van der Waals surface area contributed by atoms with Crippen LogP contribution in [0.3, 0.4) is 0 Å². The highest BCUT2D eigenvalue weighted by Gasteiger charge is 2.26. The summed E-state index contributed by atoms with van der Waals surface area (Å²) in [5.41, 5.74) is 7.77. The second kappa shape index (κ2) is 9.81. The number of nitrogens with one attached hydrogen (secondary N) is 1. The predicted octanol–water partition coefficient (Wildman–Crippen LogP) is 3.36. The molecule has 1 amide bonds. The van der Waals surface area contributed by atoms with Crippen LogP contribution in [0.5, 0.6) is 0 Å². The van der Waals surface area contributed by atoms with Gasteiger partial charge in [-0.1, -0.05) is 48.5 Å². The van der Waals surface area contributed by atoms with E-state index in [2.05, 4.69) is 10.3 Å². The van der Waals surface area contributed by atoms with Gasteiger partial charge in [0.2, 0.25) is 0 Å². The van der Waals surface area contributed by atoms with Crippen molar-refractivity contribution in [2.45, 2.75) is 44.4 Å². The first-order chi connectivity index (χ1) is 14.8. The molecule has 0 spiro atoms. The van der Waals surface area contributed by atoms with Crippen LogP contribution < -0.4 is 11.1 Å². The highest BCUT2D eigenvalue weighted by Crippen LogP contribution is 2.21. The number of benzene rings is 2. The van der Waals surface area contributed by atoms with E-state index in [4.69, 9.17) is 5.73 Å². The molecule has 4 N–H and O–H groups in total. The zero-order chi connectivity index (χ0) is 22.4. The van der Waals surface area contributed by atoms with Crippen molar-refractivity contribution < 1.29 is 14.3 Å². The molecule has 2 aromatic carbocycles. The number of carbonyl (C=O) groups excluding carboxylic acids is 1. The van der Waals surface area contributed by atoms with Crippen molar-refractivity contribution in [1.82, 2.24) is 10.3 Å². The molecule has 3 aromatic rings. The summed E-state index contributed by atoms with van der Waals surface area (Å²) in [7, 11) is 0. The number of pyridine rings is 1. The van der Waals surface area contributed by atoms with Crippen molar-refractivity contribution in [2.24, 2.45) is 5.73 Å². The van der Waals surface area contributed by atoms with Gasteiger partial charge in [-0.15, -0.1) is 0 Å². The number of aliphatic hydroxyl groups is 1. The lowest BCUT2D eigenvalue weighted by Gasteiger charge is -2.27. The monoisotopic (exact) mass is 421 g/mol. The number of hydrogen-bond donors (Lipinski definition) is 3. The number of nitrogens with zero attached hydrogens (tertiary/aromatic N) is 1. The van der Waals surface area contributed by atoms with Crippen LogP contribution in [-0.4, -0.2) is 28.1 Å². The van der Waals surface area contributed by atoms with E-state index in [1.165, 1.54) is 6.07 Å². The zero-order valence-electron chi connectivity index (χ0n) is 17.8. The number of nitrogens with two attached hydrogens (primary N) is 1.